The van der Waals surface area contributed by atoms with E-state index in [1.54, 1.807) is 0 Å². The van der Waals surface area contributed by atoms with Gasteiger partial charge in [-0.3, -0.25) is 4.90 Å². The van der Waals surface area contributed by atoms with Crippen molar-refractivity contribution in [3.63, 3.8) is 0 Å². The maximum absolute atomic E-state index is 6.18. The highest BCUT2D eigenvalue weighted by molar-refractivity contribution is 4.98. The summed E-state index contributed by atoms with van der Waals surface area (Å²) in [5.74, 6) is 0.781. The second kappa shape index (κ2) is 6.38. The van der Waals surface area contributed by atoms with Crippen LogP contribution in [-0.2, 0) is 0 Å². The van der Waals surface area contributed by atoms with Gasteiger partial charge in [-0.2, -0.15) is 0 Å². The smallest absolute Gasteiger partial charge is 0.0332 e. The van der Waals surface area contributed by atoms with Gasteiger partial charge in [0.15, 0.2) is 0 Å². The van der Waals surface area contributed by atoms with E-state index in [0.717, 1.165) is 19.0 Å². The van der Waals surface area contributed by atoms with Crippen molar-refractivity contribution >= 4 is 0 Å². The second-order valence-corrected chi connectivity index (χ2v) is 7.14. The van der Waals surface area contributed by atoms with E-state index in [1.807, 2.05) is 0 Å². The zero-order valence-electron chi connectivity index (χ0n) is 13.3. The van der Waals surface area contributed by atoms with Crippen molar-refractivity contribution in [2.24, 2.45) is 17.1 Å². The highest BCUT2D eigenvalue weighted by Gasteiger charge is 2.41. The van der Waals surface area contributed by atoms with Gasteiger partial charge in [0.1, 0.15) is 0 Å². The van der Waals surface area contributed by atoms with E-state index >= 15 is 0 Å². The first-order valence-corrected chi connectivity index (χ1v) is 7.84. The zero-order valence-corrected chi connectivity index (χ0v) is 13.3. The fourth-order valence-electron chi connectivity index (χ4n) is 3.21. The van der Waals surface area contributed by atoms with E-state index in [1.165, 1.54) is 38.6 Å². The Hall–Kier alpha value is -0.0800. The molecule has 108 valence electrons. The van der Waals surface area contributed by atoms with E-state index in [9.17, 15) is 0 Å². The van der Waals surface area contributed by atoms with Crippen LogP contribution in [0.3, 0.4) is 0 Å². The van der Waals surface area contributed by atoms with Gasteiger partial charge in [0.25, 0.3) is 0 Å². The lowest BCUT2D eigenvalue weighted by Crippen LogP contribution is -2.57. The number of nitrogens with two attached hydrogens (primary N) is 1. The van der Waals surface area contributed by atoms with Gasteiger partial charge in [-0.1, -0.05) is 41.0 Å². The highest BCUT2D eigenvalue weighted by atomic mass is 15.2. The molecule has 1 rings (SSSR count). The third-order valence-corrected chi connectivity index (χ3v) is 5.20. The lowest BCUT2D eigenvalue weighted by atomic mass is 9.68. The van der Waals surface area contributed by atoms with Crippen LogP contribution in [0.2, 0.25) is 0 Å². The number of rotatable bonds is 6. The molecule has 0 amide bonds. The summed E-state index contributed by atoms with van der Waals surface area (Å²) in [7, 11) is 0. The minimum Gasteiger partial charge on any atom is -0.329 e. The lowest BCUT2D eigenvalue weighted by molar-refractivity contribution is 0.0172. The number of nitrogens with zero attached hydrogens (tertiary/aromatic N) is 1. The van der Waals surface area contributed by atoms with Crippen molar-refractivity contribution in [2.75, 3.05) is 19.6 Å². The molecule has 0 bridgehead atoms. The molecule has 0 saturated heterocycles. The van der Waals surface area contributed by atoms with Crippen molar-refractivity contribution in [1.82, 2.24) is 4.90 Å². The molecule has 0 heterocycles. The molecule has 18 heavy (non-hydrogen) atoms. The molecule has 0 spiro atoms. The fourth-order valence-corrected chi connectivity index (χ4v) is 3.21. The average molecular weight is 254 g/mol. The minimum atomic E-state index is 0.285. The molecule has 1 saturated carbocycles. The Balaban J connectivity index is 2.73. The van der Waals surface area contributed by atoms with Crippen LogP contribution in [0, 0.1) is 11.3 Å². The Morgan fingerprint density at radius 3 is 2.06 bits per heavy atom. The Kier molecular flexibility index (Phi) is 5.67. The van der Waals surface area contributed by atoms with Crippen LogP contribution in [0.25, 0.3) is 0 Å². The van der Waals surface area contributed by atoms with Crippen molar-refractivity contribution < 1.29 is 0 Å². The van der Waals surface area contributed by atoms with Crippen LogP contribution < -0.4 is 5.73 Å². The summed E-state index contributed by atoms with van der Waals surface area (Å²) in [6.07, 6.45) is 6.46. The van der Waals surface area contributed by atoms with Crippen LogP contribution in [-0.4, -0.2) is 30.1 Å². The monoisotopic (exact) mass is 254 g/mol. The van der Waals surface area contributed by atoms with Gasteiger partial charge in [0.05, 0.1) is 0 Å². The third-order valence-electron chi connectivity index (χ3n) is 5.20. The van der Waals surface area contributed by atoms with Gasteiger partial charge in [-0.15, -0.1) is 0 Å². The zero-order chi connectivity index (χ0) is 13.8. The number of hydrogen-bond donors (Lipinski definition) is 1. The average Bonchev–Trinajstić information content (AvgIpc) is 2.36. The topological polar surface area (TPSA) is 29.3 Å². The van der Waals surface area contributed by atoms with Gasteiger partial charge >= 0.3 is 0 Å². The standard InChI is InChI=1S/C16H34N2/c1-6-14(3)12-18(7-2)16(13-17)10-8-15(4,5)9-11-16/h14H,6-13,17H2,1-5H3. The Bertz CT molecular complexity index is 237. The van der Waals surface area contributed by atoms with Crippen LogP contribution in [0.1, 0.15) is 66.7 Å². The number of likely N-dealkylation sites (N-methyl/N-ethyl adjacent to an activating group) is 1. The van der Waals surface area contributed by atoms with Crippen LogP contribution in [0.4, 0.5) is 0 Å². The molecule has 0 aromatic carbocycles. The van der Waals surface area contributed by atoms with Gasteiger partial charge in [-0.05, 0) is 43.6 Å². The molecule has 0 radical (unpaired) electrons. The molecule has 1 fully saturated rings. The molecule has 1 unspecified atom stereocenters. The maximum atomic E-state index is 6.18. The Labute approximate surface area is 114 Å². The molecular formula is C16H34N2. The quantitative estimate of drug-likeness (QED) is 0.784. The Morgan fingerprint density at radius 2 is 1.67 bits per heavy atom. The van der Waals surface area contributed by atoms with Crippen molar-refractivity contribution in [2.45, 2.75) is 72.3 Å². The summed E-state index contributed by atoms with van der Waals surface area (Å²) in [5.41, 5.74) is 6.99. The van der Waals surface area contributed by atoms with Crippen LogP contribution in [0.15, 0.2) is 0 Å². The first-order chi connectivity index (χ1) is 8.39. The second-order valence-electron chi connectivity index (χ2n) is 7.14. The predicted octanol–water partition coefficient (Wildman–Crippen LogP) is 3.65. The molecule has 1 atom stereocenters. The molecule has 2 nitrogen and oxygen atoms in total. The summed E-state index contributed by atoms with van der Waals surface area (Å²) in [5, 5.41) is 0. The largest absolute Gasteiger partial charge is 0.329 e. The predicted molar refractivity (Wildman–Crippen MR) is 80.7 cm³/mol. The van der Waals surface area contributed by atoms with Crippen LogP contribution >= 0.6 is 0 Å². The molecule has 0 aromatic heterocycles. The number of hydrogen-bond acceptors (Lipinski definition) is 2. The lowest BCUT2D eigenvalue weighted by Gasteiger charge is -2.50. The van der Waals surface area contributed by atoms with E-state index in [2.05, 4.69) is 39.5 Å². The molecular weight excluding hydrogens is 220 g/mol. The van der Waals surface area contributed by atoms with Crippen molar-refractivity contribution in [3.8, 4) is 0 Å². The van der Waals surface area contributed by atoms with E-state index < -0.39 is 0 Å². The molecule has 1 aliphatic rings. The first kappa shape index (κ1) is 16.0. The third kappa shape index (κ3) is 3.71. The van der Waals surface area contributed by atoms with Gasteiger partial charge in [0.2, 0.25) is 0 Å². The normalized spacial score (nSPS) is 24.2. The van der Waals surface area contributed by atoms with Crippen molar-refractivity contribution in [3.05, 3.63) is 0 Å². The molecule has 2 N–H and O–H groups in total. The van der Waals surface area contributed by atoms with Gasteiger partial charge in [0, 0.05) is 18.6 Å². The van der Waals surface area contributed by atoms with Crippen LogP contribution in [0.5, 0.6) is 0 Å². The summed E-state index contributed by atoms with van der Waals surface area (Å²) in [6, 6.07) is 0. The summed E-state index contributed by atoms with van der Waals surface area (Å²) in [6.45, 7) is 14.9. The Morgan fingerprint density at radius 1 is 1.11 bits per heavy atom. The molecule has 2 heteroatoms. The fraction of sp³-hybridized carbons (Fsp3) is 1.00. The molecule has 0 aromatic rings. The first-order valence-electron chi connectivity index (χ1n) is 7.84. The highest BCUT2D eigenvalue weighted by Crippen LogP contribution is 2.42. The summed E-state index contributed by atoms with van der Waals surface area (Å²) >= 11 is 0. The summed E-state index contributed by atoms with van der Waals surface area (Å²) in [4.78, 5) is 2.68. The maximum Gasteiger partial charge on any atom is 0.0332 e. The SMILES string of the molecule is CCC(C)CN(CC)C1(CN)CCC(C)(C)CC1. The minimum absolute atomic E-state index is 0.285. The molecule has 0 aliphatic heterocycles. The van der Waals surface area contributed by atoms with E-state index in [-0.39, 0.29) is 5.54 Å². The van der Waals surface area contributed by atoms with E-state index in [4.69, 9.17) is 5.73 Å². The van der Waals surface area contributed by atoms with Gasteiger partial charge in [-0.25, -0.2) is 0 Å². The molecule has 1 aliphatic carbocycles. The van der Waals surface area contributed by atoms with Crippen molar-refractivity contribution in [1.29, 1.82) is 0 Å². The van der Waals surface area contributed by atoms with Gasteiger partial charge < -0.3 is 5.73 Å². The van der Waals surface area contributed by atoms with E-state index in [0.29, 0.717) is 5.41 Å². The summed E-state index contributed by atoms with van der Waals surface area (Å²) < 4.78 is 0.